The maximum absolute atomic E-state index is 12.1. The van der Waals surface area contributed by atoms with Gasteiger partial charge in [-0.25, -0.2) is 0 Å². The Balaban J connectivity index is 1.99. The predicted octanol–water partition coefficient (Wildman–Crippen LogP) is 1.88. The quantitative estimate of drug-likeness (QED) is 0.913. The molecule has 4 nitrogen and oxygen atoms in total. The normalized spacial score (nSPS) is 16.7. The lowest BCUT2D eigenvalue weighted by molar-refractivity contribution is -0.0498. The number of nitrogens with zero attached hydrogens (tertiary/aromatic N) is 1. The van der Waals surface area contributed by atoms with Crippen LogP contribution in [0.3, 0.4) is 0 Å². The zero-order valence-corrected chi connectivity index (χ0v) is 10.3. The number of carbonyl (C=O) groups excluding carboxylic acids is 1. The standard InChI is InChI=1S/C13H15F2NO3/c14-13(15)19-11-3-1-9(2-4-11)12(18)16-7-5-10(17)6-8-16/h1-4,10,13,17H,5-8H2. The zero-order valence-electron chi connectivity index (χ0n) is 10.3. The van der Waals surface area contributed by atoms with Crippen LogP contribution in [0.15, 0.2) is 24.3 Å². The summed E-state index contributed by atoms with van der Waals surface area (Å²) in [5, 5.41) is 9.37. The summed E-state index contributed by atoms with van der Waals surface area (Å²) in [4.78, 5) is 13.7. The third kappa shape index (κ3) is 3.64. The van der Waals surface area contributed by atoms with Crippen LogP contribution in [0.5, 0.6) is 5.75 Å². The second-order valence-corrected chi connectivity index (χ2v) is 4.43. The smallest absolute Gasteiger partial charge is 0.387 e. The summed E-state index contributed by atoms with van der Waals surface area (Å²) in [6.07, 6.45) is 0.794. The summed E-state index contributed by atoms with van der Waals surface area (Å²) in [5.74, 6) is -0.129. The summed E-state index contributed by atoms with van der Waals surface area (Å²) in [6, 6.07) is 5.62. The molecule has 1 amide bonds. The van der Waals surface area contributed by atoms with Gasteiger partial charge in [-0.3, -0.25) is 4.79 Å². The Kier molecular flexibility index (Phi) is 4.31. The van der Waals surface area contributed by atoms with Gasteiger partial charge in [-0.15, -0.1) is 0 Å². The van der Waals surface area contributed by atoms with Gasteiger partial charge in [0.1, 0.15) is 5.75 Å². The third-order valence-corrected chi connectivity index (χ3v) is 3.08. The molecule has 0 bridgehead atoms. The Hall–Kier alpha value is -1.69. The number of aliphatic hydroxyl groups is 1. The highest BCUT2D eigenvalue weighted by molar-refractivity contribution is 5.94. The fourth-order valence-corrected chi connectivity index (χ4v) is 2.03. The number of likely N-dealkylation sites (tertiary alicyclic amines) is 1. The molecule has 1 aliphatic rings. The van der Waals surface area contributed by atoms with E-state index in [1.54, 1.807) is 4.90 Å². The predicted molar refractivity (Wildman–Crippen MR) is 64.2 cm³/mol. The van der Waals surface area contributed by atoms with Crippen LogP contribution in [0.4, 0.5) is 8.78 Å². The van der Waals surface area contributed by atoms with Gasteiger partial charge in [0.2, 0.25) is 0 Å². The number of benzene rings is 1. The number of ether oxygens (including phenoxy) is 1. The molecule has 1 aliphatic heterocycles. The van der Waals surface area contributed by atoms with Crippen molar-refractivity contribution in [1.82, 2.24) is 4.90 Å². The molecule has 0 aliphatic carbocycles. The zero-order chi connectivity index (χ0) is 13.8. The van der Waals surface area contributed by atoms with E-state index in [1.165, 1.54) is 24.3 Å². The van der Waals surface area contributed by atoms with Crippen LogP contribution in [-0.2, 0) is 0 Å². The lowest BCUT2D eigenvalue weighted by Gasteiger charge is -2.29. The van der Waals surface area contributed by atoms with Crippen LogP contribution in [0.2, 0.25) is 0 Å². The molecule has 0 spiro atoms. The number of piperidine rings is 1. The molecule has 1 fully saturated rings. The van der Waals surface area contributed by atoms with Crippen molar-refractivity contribution in [3.8, 4) is 5.75 Å². The summed E-state index contributed by atoms with van der Waals surface area (Å²) in [5.41, 5.74) is 0.429. The minimum absolute atomic E-state index is 0.0283. The number of hydrogen-bond acceptors (Lipinski definition) is 3. The van der Waals surface area contributed by atoms with Crippen LogP contribution in [-0.4, -0.2) is 41.7 Å². The lowest BCUT2D eigenvalue weighted by Crippen LogP contribution is -2.40. The molecule has 0 aromatic heterocycles. The molecule has 0 atom stereocenters. The highest BCUT2D eigenvalue weighted by Gasteiger charge is 2.22. The van der Waals surface area contributed by atoms with E-state index < -0.39 is 6.61 Å². The van der Waals surface area contributed by atoms with E-state index in [-0.39, 0.29) is 17.8 Å². The first-order valence-corrected chi connectivity index (χ1v) is 6.08. The largest absolute Gasteiger partial charge is 0.435 e. The average Bonchev–Trinajstić information content (AvgIpc) is 2.39. The molecule has 0 radical (unpaired) electrons. The minimum atomic E-state index is -2.87. The van der Waals surface area contributed by atoms with Crippen LogP contribution in [0.1, 0.15) is 23.2 Å². The van der Waals surface area contributed by atoms with Gasteiger partial charge in [-0.1, -0.05) is 0 Å². The molecule has 0 unspecified atom stereocenters. The van der Waals surface area contributed by atoms with Gasteiger partial charge < -0.3 is 14.7 Å². The van der Waals surface area contributed by atoms with E-state index in [4.69, 9.17) is 0 Å². The minimum Gasteiger partial charge on any atom is -0.435 e. The van der Waals surface area contributed by atoms with E-state index in [9.17, 15) is 18.7 Å². The van der Waals surface area contributed by atoms with E-state index in [0.29, 0.717) is 31.5 Å². The van der Waals surface area contributed by atoms with Crippen molar-refractivity contribution >= 4 is 5.91 Å². The van der Waals surface area contributed by atoms with Gasteiger partial charge in [-0.2, -0.15) is 8.78 Å². The second-order valence-electron chi connectivity index (χ2n) is 4.43. The number of halogens is 2. The number of aliphatic hydroxyl groups excluding tert-OH is 1. The van der Waals surface area contributed by atoms with Gasteiger partial charge in [-0.05, 0) is 37.1 Å². The first-order valence-electron chi connectivity index (χ1n) is 6.08. The fraction of sp³-hybridized carbons (Fsp3) is 0.462. The Morgan fingerprint density at radius 1 is 1.26 bits per heavy atom. The molecule has 6 heteroatoms. The van der Waals surface area contributed by atoms with Crippen molar-refractivity contribution in [2.75, 3.05) is 13.1 Å². The van der Waals surface area contributed by atoms with Gasteiger partial charge in [0.05, 0.1) is 6.10 Å². The van der Waals surface area contributed by atoms with Gasteiger partial charge >= 0.3 is 6.61 Å². The van der Waals surface area contributed by atoms with Crippen molar-refractivity contribution in [3.05, 3.63) is 29.8 Å². The van der Waals surface area contributed by atoms with Crippen molar-refractivity contribution in [1.29, 1.82) is 0 Å². The topological polar surface area (TPSA) is 49.8 Å². The van der Waals surface area contributed by atoms with Crippen molar-refractivity contribution in [3.63, 3.8) is 0 Å². The first kappa shape index (κ1) is 13.7. The molecule has 0 saturated carbocycles. The lowest BCUT2D eigenvalue weighted by atomic mass is 10.1. The molecule has 1 saturated heterocycles. The number of amides is 1. The molecular weight excluding hydrogens is 256 g/mol. The Morgan fingerprint density at radius 3 is 2.37 bits per heavy atom. The average molecular weight is 271 g/mol. The molecule has 104 valence electrons. The maximum atomic E-state index is 12.1. The fourth-order valence-electron chi connectivity index (χ4n) is 2.03. The van der Waals surface area contributed by atoms with E-state index in [0.717, 1.165) is 0 Å². The highest BCUT2D eigenvalue weighted by Crippen LogP contribution is 2.18. The van der Waals surface area contributed by atoms with Crippen LogP contribution in [0.25, 0.3) is 0 Å². The van der Waals surface area contributed by atoms with Crippen LogP contribution < -0.4 is 4.74 Å². The van der Waals surface area contributed by atoms with E-state index in [2.05, 4.69) is 4.74 Å². The molecular formula is C13H15F2NO3. The van der Waals surface area contributed by atoms with Crippen molar-refractivity contribution in [2.45, 2.75) is 25.6 Å². The second kappa shape index (κ2) is 5.97. The molecule has 1 N–H and O–H groups in total. The maximum Gasteiger partial charge on any atom is 0.387 e. The molecule has 19 heavy (non-hydrogen) atoms. The third-order valence-electron chi connectivity index (χ3n) is 3.08. The summed E-state index contributed by atoms with van der Waals surface area (Å²) in [6.45, 7) is -1.85. The van der Waals surface area contributed by atoms with E-state index in [1.807, 2.05) is 0 Å². The van der Waals surface area contributed by atoms with Crippen LogP contribution >= 0.6 is 0 Å². The molecule has 2 rings (SSSR count). The van der Waals surface area contributed by atoms with Gasteiger partial charge in [0, 0.05) is 18.7 Å². The summed E-state index contributed by atoms with van der Waals surface area (Å²) < 4.78 is 28.2. The number of hydrogen-bond donors (Lipinski definition) is 1. The summed E-state index contributed by atoms with van der Waals surface area (Å²) in [7, 11) is 0. The van der Waals surface area contributed by atoms with Crippen molar-refractivity contribution < 1.29 is 23.4 Å². The number of rotatable bonds is 3. The highest BCUT2D eigenvalue weighted by atomic mass is 19.3. The van der Waals surface area contributed by atoms with Crippen molar-refractivity contribution in [2.24, 2.45) is 0 Å². The summed E-state index contributed by atoms with van der Waals surface area (Å²) >= 11 is 0. The monoisotopic (exact) mass is 271 g/mol. The first-order chi connectivity index (χ1) is 9.06. The van der Waals surface area contributed by atoms with Gasteiger partial charge in [0.15, 0.2) is 0 Å². The SMILES string of the molecule is O=C(c1ccc(OC(F)F)cc1)N1CCC(O)CC1. The Bertz CT molecular complexity index is 428. The number of carbonyl (C=O) groups is 1. The molecule has 1 aromatic carbocycles. The Labute approximate surface area is 109 Å². The van der Waals surface area contributed by atoms with Crippen LogP contribution in [0, 0.1) is 0 Å². The van der Waals surface area contributed by atoms with E-state index >= 15 is 0 Å². The molecule has 1 aromatic rings. The number of alkyl halides is 2. The molecule has 1 heterocycles. The van der Waals surface area contributed by atoms with Gasteiger partial charge in [0.25, 0.3) is 5.91 Å². The Morgan fingerprint density at radius 2 is 1.84 bits per heavy atom.